The molecule has 0 amide bonds. The van der Waals surface area contributed by atoms with Crippen LogP contribution in [0.2, 0.25) is 0 Å². The van der Waals surface area contributed by atoms with Crippen molar-refractivity contribution in [2.45, 2.75) is 45.6 Å². The van der Waals surface area contributed by atoms with Gasteiger partial charge in [0.05, 0.1) is 31.4 Å². The average Bonchev–Trinajstić information content (AvgIpc) is 3.35. The number of carboxylic acids is 2. The van der Waals surface area contributed by atoms with Gasteiger partial charge in [-0.1, -0.05) is 60.7 Å². The molecule has 0 aliphatic carbocycles. The van der Waals surface area contributed by atoms with E-state index in [0.717, 1.165) is 22.0 Å². The lowest BCUT2D eigenvalue weighted by molar-refractivity contribution is -0.138. The Hall–Kier alpha value is -5.06. The van der Waals surface area contributed by atoms with Crippen LogP contribution in [0.15, 0.2) is 85.1 Å². The van der Waals surface area contributed by atoms with E-state index in [9.17, 15) is 24.6 Å². The van der Waals surface area contributed by atoms with Crippen LogP contribution >= 0.6 is 0 Å². The zero-order valence-corrected chi connectivity index (χ0v) is 25.7. The van der Waals surface area contributed by atoms with Gasteiger partial charge in [-0.3, -0.25) is 14.5 Å². The Morgan fingerprint density at radius 1 is 0.870 bits per heavy atom. The first-order valence-electron chi connectivity index (χ1n) is 15.2. The SMILES string of the molecule is COCc1c(C(=O)O)ncc2c1c1cc(OCc3ccccc3)ccc1n2CC(=O)CCCCN(CC(=O)O)Cc1ccccc1. The van der Waals surface area contributed by atoms with E-state index in [-0.39, 0.29) is 31.2 Å². The van der Waals surface area contributed by atoms with Crippen LogP contribution in [-0.2, 0) is 40.6 Å². The number of benzene rings is 3. The number of hydrogen-bond acceptors (Lipinski definition) is 7. The molecule has 0 aliphatic rings. The lowest BCUT2D eigenvalue weighted by Crippen LogP contribution is -2.30. The summed E-state index contributed by atoms with van der Waals surface area (Å²) in [5.74, 6) is -1.43. The van der Waals surface area contributed by atoms with Gasteiger partial charge in [-0.2, -0.15) is 0 Å². The van der Waals surface area contributed by atoms with Crippen molar-refractivity contribution >= 4 is 39.5 Å². The number of carboxylic acid groups (broad SMARTS) is 2. The van der Waals surface area contributed by atoms with Gasteiger partial charge in [0, 0.05) is 41.9 Å². The third-order valence-electron chi connectivity index (χ3n) is 7.84. The van der Waals surface area contributed by atoms with Crippen LogP contribution < -0.4 is 4.74 Å². The zero-order valence-electron chi connectivity index (χ0n) is 25.7. The third kappa shape index (κ3) is 7.96. The first kappa shape index (κ1) is 32.3. The van der Waals surface area contributed by atoms with Crippen LogP contribution in [0, 0.1) is 0 Å². The standard InChI is InChI=1S/C36H37N3O7/c1-45-24-30-34-29-18-28(46-23-26-12-6-3-7-13-26)15-16-31(29)39(32(34)19-37-35(30)36(43)44)21-27(40)14-8-9-17-38(22-33(41)42)20-25-10-4-2-5-11-25/h2-7,10-13,15-16,18-19H,8-9,14,17,20-24H2,1H3,(H,41,42)(H,43,44). The van der Waals surface area contributed by atoms with Gasteiger partial charge in [-0.05, 0) is 48.7 Å². The highest BCUT2D eigenvalue weighted by Crippen LogP contribution is 2.35. The van der Waals surface area contributed by atoms with E-state index in [2.05, 4.69) is 4.98 Å². The van der Waals surface area contributed by atoms with Gasteiger partial charge >= 0.3 is 11.9 Å². The third-order valence-corrected chi connectivity index (χ3v) is 7.84. The molecule has 0 unspecified atom stereocenters. The van der Waals surface area contributed by atoms with Gasteiger partial charge in [0.15, 0.2) is 11.5 Å². The van der Waals surface area contributed by atoms with E-state index < -0.39 is 11.9 Å². The first-order valence-corrected chi connectivity index (χ1v) is 15.2. The number of fused-ring (bicyclic) bond motifs is 3. The number of pyridine rings is 1. The summed E-state index contributed by atoms with van der Waals surface area (Å²) in [4.78, 5) is 43.0. The number of aromatic carboxylic acids is 1. The second-order valence-corrected chi connectivity index (χ2v) is 11.2. The molecule has 0 saturated heterocycles. The van der Waals surface area contributed by atoms with Gasteiger partial charge in [0.25, 0.3) is 0 Å². The van der Waals surface area contributed by atoms with Crippen molar-refractivity contribution in [3.63, 3.8) is 0 Å². The molecule has 5 rings (SSSR count). The molecule has 5 aromatic rings. The maximum atomic E-state index is 13.3. The van der Waals surface area contributed by atoms with Gasteiger partial charge in [-0.15, -0.1) is 0 Å². The monoisotopic (exact) mass is 623 g/mol. The van der Waals surface area contributed by atoms with E-state index in [1.165, 1.54) is 13.3 Å². The van der Waals surface area contributed by atoms with Gasteiger partial charge in [0.1, 0.15) is 12.4 Å². The summed E-state index contributed by atoms with van der Waals surface area (Å²) < 4.78 is 13.4. The number of ketones is 1. The highest BCUT2D eigenvalue weighted by atomic mass is 16.5. The number of Topliss-reactive ketones (excluding diaryl/α,β-unsaturated/α-hetero) is 1. The number of aromatic nitrogens is 2. The summed E-state index contributed by atoms with van der Waals surface area (Å²) in [6.45, 7) is 1.48. The predicted molar refractivity (Wildman–Crippen MR) is 174 cm³/mol. The summed E-state index contributed by atoms with van der Waals surface area (Å²) in [6.07, 6.45) is 3.09. The van der Waals surface area contributed by atoms with Crippen LogP contribution in [0.5, 0.6) is 5.75 Å². The summed E-state index contributed by atoms with van der Waals surface area (Å²) in [5, 5.41) is 20.7. The fraction of sp³-hybridized carbons (Fsp3) is 0.278. The molecule has 2 N–H and O–H groups in total. The van der Waals surface area contributed by atoms with Crippen molar-refractivity contribution in [1.82, 2.24) is 14.5 Å². The Morgan fingerprint density at radius 3 is 2.26 bits per heavy atom. The average molecular weight is 624 g/mol. The minimum absolute atomic E-state index is 0.00616. The van der Waals surface area contributed by atoms with E-state index in [0.29, 0.717) is 61.2 Å². The highest BCUT2D eigenvalue weighted by Gasteiger charge is 2.22. The molecule has 2 aromatic heterocycles. The minimum atomic E-state index is -1.16. The lowest BCUT2D eigenvalue weighted by atomic mass is 10.1. The van der Waals surface area contributed by atoms with E-state index in [4.69, 9.17) is 9.47 Å². The van der Waals surface area contributed by atoms with Gasteiger partial charge < -0.3 is 24.3 Å². The number of nitrogens with zero attached hydrogens (tertiary/aromatic N) is 3. The second-order valence-electron chi connectivity index (χ2n) is 11.2. The van der Waals surface area contributed by atoms with Crippen LogP contribution in [0.25, 0.3) is 21.8 Å². The normalized spacial score (nSPS) is 11.3. The Labute approximate surface area is 266 Å². The van der Waals surface area contributed by atoms with Gasteiger partial charge in [0.2, 0.25) is 0 Å². The van der Waals surface area contributed by atoms with E-state index >= 15 is 0 Å². The Balaban J connectivity index is 1.36. The maximum absolute atomic E-state index is 13.3. The first-order chi connectivity index (χ1) is 22.3. The number of carbonyl (C=O) groups excluding carboxylic acids is 1. The molecule has 3 aromatic carbocycles. The summed E-state index contributed by atoms with van der Waals surface area (Å²) in [7, 11) is 1.50. The molecule has 0 bridgehead atoms. The van der Waals surface area contributed by atoms with E-state index in [1.807, 2.05) is 88.3 Å². The lowest BCUT2D eigenvalue weighted by Gasteiger charge is -2.20. The largest absolute Gasteiger partial charge is 0.489 e. The molecular formula is C36H37N3O7. The fourth-order valence-corrected chi connectivity index (χ4v) is 5.76. The van der Waals surface area contributed by atoms with Crippen molar-refractivity contribution in [3.05, 3.63) is 107 Å². The molecule has 238 valence electrons. The summed E-state index contributed by atoms with van der Waals surface area (Å²) >= 11 is 0. The highest BCUT2D eigenvalue weighted by molar-refractivity contribution is 6.12. The van der Waals surface area contributed by atoms with Crippen molar-refractivity contribution in [1.29, 1.82) is 0 Å². The molecule has 10 heteroatoms. The number of methoxy groups -OCH3 is 1. The zero-order chi connectivity index (χ0) is 32.5. The van der Waals surface area contributed by atoms with Crippen LogP contribution in [0.3, 0.4) is 0 Å². The molecule has 0 atom stereocenters. The quantitative estimate of drug-likeness (QED) is 0.121. The number of unbranched alkanes of at least 4 members (excludes halogenated alkanes) is 1. The second kappa shape index (κ2) is 15.3. The van der Waals surface area contributed by atoms with Crippen LogP contribution in [-0.4, -0.2) is 62.6 Å². The molecule has 10 nitrogen and oxygen atoms in total. The number of hydrogen-bond donors (Lipinski definition) is 2. The summed E-state index contributed by atoms with van der Waals surface area (Å²) in [6, 6.07) is 25.1. The smallest absolute Gasteiger partial charge is 0.354 e. The van der Waals surface area contributed by atoms with Crippen molar-refractivity contribution in [2.75, 3.05) is 20.2 Å². The van der Waals surface area contributed by atoms with Crippen molar-refractivity contribution in [3.8, 4) is 5.75 Å². The number of rotatable bonds is 17. The Morgan fingerprint density at radius 2 is 1.59 bits per heavy atom. The maximum Gasteiger partial charge on any atom is 0.354 e. The molecule has 0 radical (unpaired) electrons. The van der Waals surface area contributed by atoms with E-state index in [1.54, 1.807) is 0 Å². The fourth-order valence-electron chi connectivity index (χ4n) is 5.76. The Kier molecular flexibility index (Phi) is 10.7. The predicted octanol–water partition coefficient (Wildman–Crippen LogP) is 5.94. The number of carbonyl (C=O) groups is 3. The number of ether oxygens (including phenoxy) is 2. The molecule has 0 spiro atoms. The molecular weight excluding hydrogens is 586 g/mol. The van der Waals surface area contributed by atoms with Crippen molar-refractivity contribution in [2.24, 2.45) is 0 Å². The molecule has 46 heavy (non-hydrogen) atoms. The topological polar surface area (TPSA) is 131 Å². The van der Waals surface area contributed by atoms with Crippen molar-refractivity contribution < 1.29 is 34.1 Å². The molecule has 0 aliphatic heterocycles. The summed E-state index contributed by atoms with van der Waals surface area (Å²) in [5.41, 5.74) is 3.77. The minimum Gasteiger partial charge on any atom is -0.489 e. The van der Waals surface area contributed by atoms with Crippen LogP contribution in [0.4, 0.5) is 0 Å². The molecule has 2 heterocycles. The Bertz CT molecular complexity index is 1820. The molecule has 0 fully saturated rings. The number of aliphatic carboxylic acids is 1. The molecule has 0 saturated carbocycles. The van der Waals surface area contributed by atoms with Crippen LogP contribution in [0.1, 0.15) is 46.4 Å². The van der Waals surface area contributed by atoms with Gasteiger partial charge in [-0.25, -0.2) is 9.78 Å².